The molecule has 2 saturated carbocycles. The SMILES string of the molecule is OCC1(F)C(F)(F)C2(F)C(F)(F)C(F)(F)C1(F)C2(F)F. The van der Waals surface area contributed by atoms with Gasteiger partial charge in [0.2, 0.25) is 5.67 Å². The summed E-state index contributed by atoms with van der Waals surface area (Å²) in [5, 5.41) is 8.22. The van der Waals surface area contributed by atoms with Gasteiger partial charge >= 0.3 is 29.4 Å². The zero-order chi connectivity index (χ0) is 16.2. The monoisotopic (exact) mass is 324 g/mol. The first-order valence-corrected chi connectivity index (χ1v) is 4.75. The van der Waals surface area contributed by atoms with Crippen molar-refractivity contribution in [2.24, 2.45) is 0 Å². The Hall–Kier alpha value is -0.810. The predicted octanol–water partition coefficient (Wildman–Crippen LogP) is 2.67. The molecule has 0 saturated heterocycles. The van der Waals surface area contributed by atoms with Crippen molar-refractivity contribution >= 4 is 0 Å². The fourth-order valence-electron chi connectivity index (χ4n) is 2.65. The van der Waals surface area contributed by atoms with E-state index in [1.165, 1.54) is 0 Å². The van der Waals surface area contributed by atoms with Crippen LogP contribution in [0.2, 0.25) is 0 Å². The summed E-state index contributed by atoms with van der Waals surface area (Å²) in [7, 11) is 0. The van der Waals surface area contributed by atoms with Gasteiger partial charge in [0.25, 0.3) is 5.67 Å². The lowest BCUT2D eigenvalue weighted by molar-refractivity contribution is -0.379. The van der Waals surface area contributed by atoms with Crippen LogP contribution in [0, 0.1) is 0 Å². The molecule has 2 fully saturated rings. The van der Waals surface area contributed by atoms with E-state index >= 15 is 0 Å². The Kier molecular flexibility index (Phi) is 2.35. The Morgan fingerprint density at radius 1 is 0.500 bits per heavy atom. The van der Waals surface area contributed by atoms with Gasteiger partial charge in [-0.3, -0.25) is 0 Å². The van der Waals surface area contributed by atoms with Crippen molar-refractivity contribution in [3.05, 3.63) is 0 Å². The van der Waals surface area contributed by atoms with Crippen LogP contribution in [0.15, 0.2) is 0 Å². The van der Waals surface area contributed by atoms with E-state index in [1.807, 2.05) is 0 Å². The largest absolute Gasteiger partial charge is 0.393 e. The first kappa shape index (κ1) is 15.6. The number of hydrogen-bond donors (Lipinski definition) is 1. The summed E-state index contributed by atoms with van der Waals surface area (Å²) >= 11 is 0. The van der Waals surface area contributed by atoms with Crippen molar-refractivity contribution in [1.82, 2.24) is 0 Å². The summed E-state index contributed by atoms with van der Waals surface area (Å²) in [5.41, 5.74) is -19.4. The third-order valence-electron chi connectivity index (χ3n) is 3.82. The Balaban J connectivity index is 2.99. The van der Waals surface area contributed by atoms with E-state index in [1.54, 1.807) is 0 Å². The average molecular weight is 324 g/mol. The van der Waals surface area contributed by atoms with Crippen LogP contribution in [0.25, 0.3) is 0 Å². The molecule has 0 aromatic rings. The van der Waals surface area contributed by atoms with Crippen molar-refractivity contribution in [2.45, 2.75) is 40.7 Å². The molecule has 0 radical (unpaired) electrons. The minimum absolute atomic E-state index is 3.05. The fraction of sp³-hybridized carbons (Fsp3) is 1.00. The molecule has 0 heterocycles. The van der Waals surface area contributed by atoms with Crippen LogP contribution in [0.5, 0.6) is 0 Å². The van der Waals surface area contributed by atoms with Crippen LogP contribution in [0.1, 0.15) is 0 Å². The Morgan fingerprint density at radius 3 is 1.15 bits per heavy atom. The molecule has 20 heavy (non-hydrogen) atoms. The lowest BCUT2D eigenvalue weighted by Crippen LogP contribution is -2.76. The summed E-state index contributed by atoms with van der Waals surface area (Å²) in [6, 6.07) is 0. The van der Waals surface area contributed by atoms with Gasteiger partial charge in [0.05, 0.1) is 6.61 Å². The van der Waals surface area contributed by atoms with E-state index in [0.717, 1.165) is 0 Å². The highest BCUT2D eigenvalue weighted by atomic mass is 19.3. The maximum atomic E-state index is 13.7. The predicted molar refractivity (Wildman–Crippen MR) is 38.4 cm³/mol. The van der Waals surface area contributed by atoms with Gasteiger partial charge in [-0.1, -0.05) is 0 Å². The number of rotatable bonds is 1. The molecule has 0 aromatic carbocycles. The molecule has 12 heteroatoms. The van der Waals surface area contributed by atoms with Crippen molar-refractivity contribution in [3.8, 4) is 0 Å². The van der Waals surface area contributed by atoms with Crippen LogP contribution in [0.3, 0.4) is 0 Å². The van der Waals surface area contributed by atoms with Gasteiger partial charge in [0, 0.05) is 0 Å². The van der Waals surface area contributed by atoms with E-state index in [4.69, 9.17) is 5.11 Å². The molecular weight excluding hydrogens is 321 g/mol. The Bertz CT molecular complexity index is 475. The lowest BCUT2D eigenvalue weighted by Gasteiger charge is -2.45. The zero-order valence-corrected chi connectivity index (χ0v) is 8.81. The molecule has 2 rings (SSSR count). The number of halogens is 11. The van der Waals surface area contributed by atoms with E-state index in [2.05, 4.69) is 0 Å². The molecule has 2 aliphatic rings. The molecule has 3 atom stereocenters. The summed E-state index contributed by atoms with van der Waals surface area (Å²) in [4.78, 5) is 0. The Labute approximate surface area is 102 Å². The highest BCUT2D eigenvalue weighted by molar-refractivity contribution is 5.47. The number of alkyl halides is 11. The van der Waals surface area contributed by atoms with Crippen molar-refractivity contribution in [1.29, 1.82) is 0 Å². The average Bonchev–Trinajstić information content (AvgIpc) is 2.42. The topological polar surface area (TPSA) is 20.2 Å². The van der Waals surface area contributed by atoms with Gasteiger partial charge in [-0.15, -0.1) is 0 Å². The third-order valence-corrected chi connectivity index (χ3v) is 3.82. The van der Waals surface area contributed by atoms with Crippen LogP contribution in [-0.4, -0.2) is 52.4 Å². The van der Waals surface area contributed by atoms with E-state index < -0.39 is 47.3 Å². The smallest absolute Gasteiger partial charge is 0.359 e. The summed E-state index contributed by atoms with van der Waals surface area (Å²) in [6.45, 7) is -3.05. The van der Waals surface area contributed by atoms with Crippen LogP contribution in [0.4, 0.5) is 48.3 Å². The zero-order valence-electron chi connectivity index (χ0n) is 8.81. The van der Waals surface area contributed by atoms with Gasteiger partial charge in [-0.25, -0.2) is 13.2 Å². The van der Waals surface area contributed by atoms with Crippen molar-refractivity contribution in [3.63, 3.8) is 0 Å². The standard InChI is InChI=1S/C8H3F11O/c9-2(1-20)3(10)6(14,15)4(11,5(2,12)13)8(18,19)7(3,16)17/h20H,1H2. The second-order valence-electron chi connectivity index (χ2n) is 4.57. The van der Waals surface area contributed by atoms with Crippen molar-refractivity contribution < 1.29 is 53.4 Å². The van der Waals surface area contributed by atoms with Gasteiger partial charge in [-0.05, 0) is 0 Å². The summed E-state index contributed by atoms with van der Waals surface area (Å²) < 4.78 is 146. The van der Waals surface area contributed by atoms with E-state index in [9.17, 15) is 48.3 Å². The van der Waals surface area contributed by atoms with Crippen molar-refractivity contribution in [2.75, 3.05) is 6.61 Å². The summed E-state index contributed by atoms with van der Waals surface area (Å²) in [6.07, 6.45) is 0. The minimum atomic E-state index is -6.90. The number of hydrogen-bond acceptors (Lipinski definition) is 1. The lowest BCUT2D eigenvalue weighted by atomic mass is 9.75. The first-order chi connectivity index (χ1) is 8.56. The second-order valence-corrected chi connectivity index (χ2v) is 4.57. The maximum Gasteiger partial charge on any atom is 0.359 e. The van der Waals surface area contributed by atoms with Gasteiger partial charge in [-0.2, -0.15) is 35.1 Å². The molecular formula is C8H3F11O. The van der Waals surface area contributed by atoms with Crippen LogP contribution < -0.4 is 0 Å². The molecule has 0 aromatic heterocycles. The highest BCUT2D eigenvalue weighted by Gasteiger charge is 3.16. The molecule has 1 nitrogen and oxygen atoms in total. The maximum absolute atomic E-state index is 13.7. The van der Waals surface area contributed by atoms with E-state index in [0.29, 0.717) is 0 Å². The summed E-state index contributed by atoms with van der Waals surface area (Å²) in [5.74, 6) is -27.1. The van der Waals surface area contributed by atoms with E-state index in [-0.39, 0.29) is 0 Å². The minimum Gasteiger partial charge on any atom is -0.393 e. The number of aliphatic hydroxyl groups excluding tert-OH is 1. The van der Waals surface area contributed by atoms with Gasteiger partial charge < -0.3 is 5.11 Å². The van der Waals surface area contributed by atoms with Gasteiger partial charge in [0.1, 0.15) is 0 Å². The first-order valence-electron chi connectivity index (χ1n) is 4.75. The van der Waals surface area contributed by atoms with Gasteiger partial charge in [0.15, 0.2) is 0 Å². The molecule has 0 aliphatic heterocycles. The third kappa shape index (κ3) is 0.819. The second kappa shape index (κ2) is 3.02. The van der Waals surface area contributed by atoms with Crippen LogP contribution >= 0.6 is 0 Å². The molecule has 2 bridgehead atoms. The molecule has 1 N–H and O–H groups in total. The number of aliphatic hydroxyl groups is 1. The molecule has 118 valence electrons. The highest BCUT2D eigenvalue weighted by Crippen LogP contribution is 2.82. The molecule has 0 amide bonds. The van der Waals surface area contributed by atoms with Crippen LogP contribution in [-0.2, 0) is 0 Å². The molecule has 3 unspecified atom stereocenters. The fourth-order valence-corrected chi connectivity index (χ4v) is 2.65. The number of fused-ring (bicyclic) bond motifs is 2. The molecule has 0 spiro atoms. The Morgan fingerprint density at radius 2 is 0.850 bits per heavy atom. The normalized spacial score (nSPS) is 50.4. The quantitative estimate of drug-likeness (QED) is 0.736. The molecule has 2 aliphatic carbocycles.